The highest BCUT2D eigenvalue weighted by Crippen LogP contribution is 2.18. The first-order chi connectivity index (χ1) is 10.2. The first-order valence-corrected chi connectivity index (χ1v) is 6.63. The Bertz CT molecular complexity index is 753. The molecule has 0 aliphatic heterocycles. The first-order valence-electron chi connectivity index (χ1n) is 6.25. The van der Waals surface area contributed by atoms with E-state index in [9.17, 15) is 4.79 Å². The SMILES string of the molecule is O=C(Nc1ccnn1-c1ccc(Cl)cc1)c1ccncc1. The molecule has 6 heteroatoms. The Hall–Kier alpha value is -2.66. The zero-order valence-electron chi connectivity index (χ0n) is 10.9. The van der Waals surface area contributed by atoms with Crippen molar-refractivity contribution in [1.29, 1.82) is 0 Å². The van der Waals surface area contributed by atoms with E-state index in [1.54, 1.807) is 53.6 Å². The summed E-state index contributed by atoms with van der Waals surface area (Å²) in [5, 5.41) is 7.68. The topological polar surface area (TPSA) is 59.8 Å². The molecular weight excluding hydrogens is 288 g/mol. The van der Waals surface area contributed by atoms with Crippen molar-refractivity contribution >= 4 is 23.3 Å². The zero-order valence-corrected chi connectivity index (χ0v) is 11.7. The summed E-state index contributed by atoms with van der Waals surface area (Å²) in [7, 11) is 0. The Morgan fingerprint density at radius 2 is 1.71 bits per heavy atom. The van der Waals surface area contributed by atoms with Crippen LogP contribution >= 0.6 is 11.6 Å². The van der Waals surface area contributed by atoms with Crippen molar-refractivity contribution < 1.29 is 4.79 Å². The molecule has 0 unspecified atom stereocenters. The van der Waals surface area contributed by atoms with Crippen LogP contribution in [-0.2, 0) is 0 Å². The van der Waals surface area contributed by atoms with Crippen LogP contribution in [0.15, 0.2) is 61.1 Å². The van der Waals surface area contributed by atoms with Crippen LogP contribution in [0.25, 0.3) is 5.69 Å². The van der Waals surface area contributed by atoms with Gasteiger partial charge in [0.15, 0.2) is 0 Å². The number of nitrogens with zero attached hydrogens (tertiary/aromatic N) is 3. The Balaban J connectivity index is 1.86. The van der Waals surface area contributed by atoms with Crippen molar-refractivity contribution in [1.82, 2.24) is 14.8 Å². The second-order valence-corrected chi connectivity index (χ2v) is 4.73. The minimum absolute atomic E-state index is 0.215. The monoisotopic (exact) mass is 298 g/mol. The number of pyridine rings is 1. The molecule has 3 aromatic rings. The molecular formula is C15H11ClN4O. The number of nitrogens with one attached hydrogen (secondary N) is 1. The number of rotatable bonds is 3. The van der Waals surface area contributed by atoms with Crippen molar-refractivity contribution in [3.63, 3.8) is 0 Å². The average Bonchev–Trinajstić information content (AvgIpc) is 2.97. The van der Waals surface area contributed by atoms with E-state index in [-0.39, 0.29) is 5.91 Å². The van der Waals surface area contributed by atoms with E-state index < -0.39 is 0 Å². The molecule has 0 spiro atoms. The van der Waals surface area contributed by atoms with E-state index in [2.05, 4.69) is 15.4 Å². The lowest BCUT2D eigenvalue weighted by atomic mass is 10.2. The smallest absolute Gasteiger partial charge is 0.256 e. The molecule has 2 aromatic heterocycles. The van der Waals surface area contributed by atoms with Crippen molar-refractivity contribution in [2.45, 2.75) is 0 Å². The predicted molar refractivity (Wildman–Crippen MR) is 80.8 cm³/mol. The van der Waals surface area contributed by atoms with Crippen LogP contribution in [0.2, 0.25) is 5.02 Å². The van der Waals surface area contributed by atoms with Gasteiger partial charge in [-0.15, -0.1) is 0 Å². The molecule has 1 aromatic carbocycles. The second kappa shape index (κ2) is 5.76. The summed E-state index contributed by atoms with van der Waals surface area (Å²) in [6, 6.07) is 12.2. The van der Waals surface area contributed by atoms with Crippen LogP contribution in [0.1, 0.15) is 10.4 Å². The van der Waals surface area contributed by atoms with Gasteiger partial charge < -0.3 is 5.32 Å². The van der Waals surface area contributed by atoms with Gasteiger partial charge in [0.25, 0.3) is 5.91 Å². The normalized spacial score (nSPS) is 10.3. The van der Waals surface area contributed by atoms with Crippen molar-refractivity contribution in [2.75, 3.05) is 5.32 Å². The Labute approximate surface area is 126 Å². The van der Waals surface area contributed by atoms with Gasteiger partial charge in [-0.3, -0.25) is 9.78 Å². The molecule has 0 aliphatic rings. The number of amides is 1. The molecule has 21 heavy (non-hydrogen) atoms. The van der Waals surface area contributed by atoms with Gasteiger partial charge in [-0.1, -0.05) is 11.6 Å². The second-order valence-electron chi connectivity index (χ2n) is 4.29. The molecule has 0 atom stereocenters. The van der Waals surface area contributed by atoms with Crippen molar-refractivity contribution in [2.24, 2.45) is 0 Å². The van der Waals surface area contributed by atoms with Crippen LogP contribution in [0.4, 0.5) is 5.82 Å². The maximum atomic E-state index is 12.1. The van der Waals surface area contributed by atoms with Crippen molar-refractivity contribution in [3.05, 3.63) is 71.6 Å². The zero-order chi connectivity index (χ0) is 14.7. The number of anilines is 1. The Kier molecular flexibility index (Phi) is 3.66. The lowest BCUT2D eigenvalue weighted by Gasteiger charge is -2.09. The highest BCUT2D eigenvalue weighted by atomic mass is 35.5. The van der Waals surface area contributed by atoms with E-state index in [0.717, 1.165) is 5.69 Å². The molecule has 1 N–H and O–H groups in total. The lowest BCUT2D eigenvalue weighted by molar-refractivity contribution is 0.102. The van der Waals surface area contributed by atoms with Gasteiger partial charge in [-0.05, 0) is 36.4 Å². The van der Waals surface area contributed by atoms with Gasteiger partial charge in [0.05, 0.1) is 11.9 Å². The number of benzene rings is 1. The summed E-state index contributed by atoms with van der Waals surface area (Å²) in [6.45, 7) is 0. The molecule has 104 valence electrons. The minimum Gasteiger partial charge on any atom is -0.306 e. The Morgan fingerprint density at radius 1 is 1.00 bits per heavy atom. The van der Waals surface area contributed by atoms with Gasteiger partial charge in [-0.2, -0.15) is 5.10 Å². The number of aromatic nitrogens is 3. The molecule has 1 amide bonds. The predicted octanol–water partition coefficient (Wildman–Crippen LogP) is 3.17. The quantitative estimate of drug-likeness (QED) is 0.808. The van der Waals surface area contributed by atoms with E-state index in [1.807, 2.05) is 12.1 Å². The number of hydrogen-bond acceptors (Lipinski definition) is 3. The van der Waals surface area contributed by atoms with Crippen LogP contribution in [0.3, 0.4) is 0 Å². The lowest BCUT2D eigenvalue weighted by Crippen LogP contribution is -2.15. The van der Waals surface area contributed by atoms with Crippen LogP contribution in [-0.4, -0.2) is 20.7 Å². The highest BCUT2D eigenvalue weighted by molar-refractivity contribution is 6.30. The molecule has 3 rings (SSSR count). The summed E-state index contributed by atoms with van der Waals surface area (Å²) >= 11 is 5.87. The van der Waals surface area contributed by atoms with E-state index in [4.69, 9.17) is 11.6 Å². The summed E-state index contributed by atoms with van der Waals surface area (Å²) < 4.78 is 1.63. The summed E-state index contributed by atoms with van der Waals surface area (Å²) in [4.78, 5) is 16.0. The summed E-state index contributed by atoms with van der Waals surface area (Å²) in [5.74, 6) is 0.368. The molecule has 0 bridgehead atoms. The maximum absolute atomic E-state index is 12.1. The highest BCUT2D eigenvalue weighted by Gasteiger charge is 2.10. The fourth-order valence-corrected chi connectivity index (χ4v) is 2.00. The minimum atomic E-state index is -0.215. The third-order valence-electron chi connectivity index (χ3n) is 2.90. The molecule has 0 radical (unpaired) electrons. The number of carbonyl (C=O) groups excluding carboxylic acids is 1. The largest absolute Gasteiger partial charge is 0.306 e. The summed E-state index contributed by atoms with van der Waals surface area (Å²) in [6.07, 6.45) is 4.77. The van der Waals surface area contributed by atoms with E-state index in [1.165, 1.54) is 0 Å². The Morgan fingerprint density at radius 3 is 2.43 bits per heavy atom. The molecule has 0 aliphatic carbocycles. The maximum Gasteiger partial charge on any atom is 0.256 e. The number of carbonyl (C=O) groups is 1. The molecule has 0 fully saturated rings. The molecule has 0 saturated heterocycles. The van der Waals surface area contributed by atoms with Gasteiger partial charge >= 0.3 is 0 Å². The average molecular weight is 299 g/mol. The third kappa shape index (κ3) is 2.93. The standard InChI is InChI=1S/C15H11ClN4O/c16-12-1-3-13(4-2-12)20-14(7-10-18-20)19-15(21)11-5-8-17-9-6-11/h1-10H,(H,19,21). The number of hydrogen-bond donors (Lipinski definition) is 1. The van der Waals surface area contributed by atoms with Crippen LogP contribution in [0, 0.1) is 0 Å². The molecule has 5 nitrogen and oxygen atoms in total. The van der Waals surface area contributed by atoms with Gasteiger partial charge in [-0.25, -0.2) is 4.68 Å². The van der Waals surface area contributed by atoms with E-state index >= 15 is 0 Å². The fraction of sp³-hybridized carbons (Fsp3) is 0. The van der Waals surface area contributed by atoms with Gasteiger partial charge in [0.2, 0.25) is 0 Å². The van der Waals surface area contributed by atoms with Crippen LogP contribution < -0.4 is 5.32 Å². The van der Waals surface area contributed by atoms with Gasteiger partial charge in [0.1, 0.15) is 5.82 Å². The summed E-state index contributed by atoms with van der Waals surface area (Å²) in [5.41, 5.74) is 1.35. The van der Waals surface area contributed by atoms with E-state index in [0.29, 0.717) is 16.4 Å². The third-order valence-corrected chi connectivity index (χ3v) is 3.15. The van der Waals surface area contributed by atoms with Crippen molar-refractivity contribution in [3.8, 4) is 5.69 Å². The molecule has 2 heterocycles. The fourth-order valence-electron chi connectivity index (χ4n) is 1.88. The van der Waals surface area contributed by atoms with Crippen LogP contribution in [0.5, 0.6) is 0 Å². The number of halogens is 1. The first kappa shape index (κ1) is 13.3. The molecule has 0 saturated carbocycles. The van der Waals surface area contributed by atoms with Gasteiger partial charge in [0, 0.05) is 29.0 Å².